The van der Waals surface area contributed by atoms with E-state index in [2.05, 4.69) is 53.3 Å². The number of aryl methyl sites for hydroxylation is 1. The fourth-order valence-corrected chi connectivity index (χ4v) is 3.47. The van der Waals surface area contributed by atoms with Crippen LogP contribution in [0.3, 0.4) is 0 Å². The van der Waals surface area contributed by atoms with Crippen molar-refractivity contribution in [1.82, 2.24) is 9.97 Å². The van der Waals surface area contributed by atoms with Crippen molar-refractivity contribution in [1.29, 1.82) is 0 Å². The second kappa shape index (κ2) is 4.96. The van der Waals surface area contributed by atoms with Crippen LogP contribution in [0.15, 0.2) is 65.9 Å². The van der Waals surface area contributed by atoms with Crippen molar-refractivity contribution < 1.29 is 0 Å². The van der Waals surface area contributed by atoms with Crippen LogP contribution in [0.1, 0.15) is 16.7 Å². The number of pyridine rings is 2. The van der Waals surface area contributed by atoms with E-state index in [9.17, 15) is 0 Å². The van der Waals surface area contributed by atoms with E-state index in [4.69, 9.17) is 4.99 Å². The van der Waals surface area contributed by atoms with Gasteiger partial charge in [-0.25, -0.2) is 0 Å². The zero-order valence-corrected chi connectivity index (χ0v) is 13.3. The lowest BCUT2D eigenvalue weighted by Crippen LogP contribution is -2.00. The zero-order chi connectivity index (χ0) is 16.1. The first-order chi connectivity index (χ1) is 11.8. The molecule has 0 fully saturated rings. The SMILES string of the molecule is Cc1ccc(C2=Nc3c(c4cccnc4c4ncccc34)C2)cc1. The molecule has 0 radical (unpaired) electrons. The Bertz CT molecular complexity index is 1130. The van der Waals surface area contributed by atoms with E-state index in [1.807, 2.05) is 24.5 Å². The number of aromatic nitrogens is 2. The van der Waals surface area contributed by atoms with Gasteiger partial charge < -0.3 is 0 Å². The molecule has 2 aromatic heterocycles. The van der Waals surface area contributed by atoms with Gasteiger partial charge in [-0.2, -0.15) is 0 Å². The highest BCUT2D eigenvalue weighted by molar-refractivity contribution is 6.18. The highest BCUT2D eigenvalue weighted by Crippen LogP contribution is 2.40. The molecule has 1 aliphatic heterocycles. The van der Waals surface area contributed by atoms with Gasteiger partial charge in [-0.3, -0.25) is 15.0 Å². The van der Waals surface area contributed by atoms with Crippen LogP contribution in [0, 0.1) is 6.92 Å². The largest absolute Gasteiger partial charge is 0.254 e. The van der Waals surface area contributed by atoms with Gasteiger partial charge in [0.2, 0.25) is 0 Å². The maximum absolute atomic E-state index is 4.98. The minimum atomic E-state index is 0.839. The molecule has 0 unspecified atom stereocenters. The molecule has 2 aromatic carbocycles. The highest BCUT2D eigenvalue weighted by atomic mass is 14.8. The van der Waals surface area contributed by atoms with Crippen LogP contribution in [0.5, 0.6) is 0 Å². The molecular formula is C21H15N3. The predicted octanol–water partition coefficient (Wildman–Crippen LogP) is 4.77. The molecule has 3 nitrogen and oxygen atoms in total. The summed E-state index contributed by atoms with van der Waals surface area (Å²) in [6.45, 7) is 2.10. The van der Waals surface area contributed by atoms with E-state index in [1.54, 1.807) is 0 Å². The molecule has 3 heterocycles. The second-order valence-corrected chi connectivity index (χ2v) is 6.23. The predicted molar refractivity (Wildman–Crippen MR) is 98.1 cm³/mol. The number of hydrogen-bond acceptors (Lipinski definition) is 3. The first kappa shape index (κ1) is 13.4. The Morgan fingerprint density at radius 3 is 2.21 bits per heavy atom. The smallest absolute Gasteiger partial charge is 0.0986 e. The van der Waals surface area contributed by atoms with Gasteiger partial charge in [0.15, 0.2) is 0 Å². The molecular weight excluding hydrogens is 294 g/mol. The summed E-state index contributed by atoms with van der Waals surface area (Å²) in [6, 6.07) is 16.8. The number of fused-ring (bicyclic) bond motifs is 6. The van der Waals surface area contributed by atoms with Crippen molar-refractivity contribution in [3.63, 3.8) is 0 Å². The Kier molecular flexibility index (Phi) is 2.77. The molecule has 4 aromatic rings. The molecule has 5 rings (SSSR count). The van der Waals surface area contributed by atoms with Crippen molar-refractivity contribution >= 4 is 33.2 Å². The van der Waals surface area contributed by atoms with E-state index < -0.39 is 0 Å². The quantitative estimate of drug-likeness (QED) is 0.475. The molecule has 0 saturated carbocycles. The Labute approximate surface area is 139 Å². The highest BCUT2D eigenvalue weighted by Gasteiger charge is 2.22. The molecule has 24 heavy (non-hydrogen) atoms. The molecule has 114 valence electrons. The van der Waals surface area contributed by atoms with Crippen LogP contribution in [0.4, 0.5) is 5.69 Å². The van der Waals surface area contributed by atoms with Gasteiger partial charge in [0.1, 0.15) is 0 Å². The fourth-order valence-electron chi connectivity index (χ4n) is 3.47. The minimum Gasteiger partial charge on any atom is -0.254 e. The van der Waals surface area contributed by atoms with Crippen LogP contribution >= 0.6 is 0 Å². The normalized spacial score (nSPS) is 13.3. The Hall–Kier alpha value is -3.07. The van der Waals surface area contributed by atoms with Crippen LogP contribution in [-0.2, 0) is 6.42 Å². The molecule has 3 heteroatoms. The zero-order valence-electron chi connectivity index (χ0n) is 13.3. The Balaban J connectivity index is 1.81. The van der Waals surface area contributed by atoms with Crippen molar-refractivity contribution in [2.75, 3.05) is 0 Å². The van der Waals surface area contributed by atoms with Crippen molar-refractivity contribution in [3.05, 3.63) is 77.6 Å². The summed E-state index contributed by atoms with van der Waals surface area (Å²) in [5.74, 6) is 0. The number of benzene rings is 2. The summed E-state index contributed by atoms with van der Waals surface area (Å²) >= 11 is 0. The summed E-state index contributed by atoms with van der Waals surface area (Å²) < 4.78 is 0. The third kappa shape index (κ3) is 1.88. The third-order valence-electron chi connectivity index (χ3n) is 4.68. The molecule has 0 spiro atoms. The molecule has 1 aliphatic rings. The number of nitrogens with zero attached hydrogens (tertiary/aromatic N) is 3. The number of aliphatic imine (C=N–C) groups is 1. The fraction of sp³-hybridized carbons (Fsp3) is 0.0952. The maximum Gasteiger partial charge on any atom is 0.0986 e. The minimum absolute atomic E-state index is 0.839. The van der Waals surface area contributed by atoms with Crippen LogP contribution in [-0.4, -0.2) is 15.7 Å². The van der Waals surface area contributed by atoms with Gasteiger partial charge in [0.25, 0.3) is 0 Å². The average molecular weight is 309 g/mol. The van der Waals surface area contributed by atoms with E-state index in [-0.39, 0.29) is 0 Å². The van der Waals surface area contributed by atoms with Gasteiger partial charge in [0, 0.05) is 29.6 Å². The van der Waals surface area contributed by atoms with E-state index in [0.29, 0.717) is 0 Å². The van der Waals surface area contributed by atoms with Crippen LogP contribution in [0.2, 0.25) is 0 Å². The molecule has 0 N–H and O–H groups in total. The van der Waals surface area contributed by atoms with Gasteiger partial charge in [-0.05, 0) is 36.2 Å². The maximum atomic E-state index is 4.98. The van der Waals surface area contributed by atoms with E-state index in [1.165, 1.54) is 16.7 Å². The molecule has 0 amide bonds. The number of rotatable bonds is 1. The van der Waals surface area contributed by atoms with Crippen molar-refractivity contribution in [2.24, 2.45) is 4.99 Å². The monoisotopic (exact) mass is 309 g/mol. The summed E-state index contributed by atoms with van der Waals surface area (Å²) in [4.78, 5) is 14.1. The Morgan fingerprint density at radius 2 is 1.46 bits per heavy atom. The average Bonchev–Trinajstić information content (AvgIpc) is 3.08. The first-order valence-corrected chi connectivity index (χ1v) is 8.10. The summed E-state index contributed by atoms with van der Waals surface area (Å²) in [6.07, 6.45) is 4.49. The van der Waals surface area contributed by atoms with Gasteiger partial charge in [0.05, 0.1) is 22.4 Å². The molecule has 0 atom stereocenters. The van der Waals surface area contributed by atoms with E-state index in [0.717, 1.165) is 39.6 Å². The second-order valence-electron chi connectivity index (χ2n) is 6.23. The summed E-state index contributed by atoms with van der Waals surface area (Å²) in [7, 11) is 0. The van der Waals surface area contributed by atoms with E-state index >= 15 is 0 Å². The topological polar surface area (TPSA) is 38.1 Å². The van der Waals surface area contributed by atoms with Gasteiger partial charge in [-0.15, -0.1) is 0 Å². The first-order valence-electron chi connectivity index (χ1n) is 8.10. The van der Waals surface area contributed by atoms with Crippen molar-refractivity contribution in [3.8, 4) is 0 Å². The van der Waals surface area contributed by atoms with Gasteiger partial charge >= 0.3 is 0 Å². The summed E-state index contributed by atoms with van der Waals surface area (Å²) in [5, 5.41) is 2.24. The lowest BCUT2D eigenvalue weighted by atomic mass is 9.98. The lowest BCUT2D eigenvalue weighted by molar-refractivity contribution is 1.35. The third-order valence-corrected chi connectivity index (χ3v) is 4.68. The van der Waals surface area contributed by atoms with Crippen molar-refractivity contribution in [2.45, 2.75) is 13.3 Å². The van der Waals surface area contributed by atoms with Crippen LogP contribution < -0.4 is 0 Å². The lowest BCUT2D eigenvalue weighted by Gasteiger charge is -2.08. The standard InChI is InChI=1S/C21H15N3/c1-13-6-8-14(9-7-13)18-12-17-15-4-2-10-22-20(15)21-16(19(17)24-18)5-3-11-23-21/h2-11H,12H2,1H3. The van der Waals surface area contributed by atoms with Crippen LogP contribution in [0.25, 0.3) is 21.8 Å². The Morgan fingerprint density at radius 1 is 0.792 bits per heavy atom. The molecule has 0 saturated heterocycles. The molecule has 0 bridgehead atoms. The summed E-state index contributed by atoms with van der Waals surface area (Å²) in [5.41, 5.74) is 7.77. The molecule has 0 aliphatic carbocycles. The number of hydrogen-bond donors (Lipinski definition) is 0. The van der Waals surface area contributed by atoms with Gasteiger partial charge in [-0.1, -0.05) is 35.9 Å².